The molecule has 4 aromatic rings. The van der Waals surface area contributed by atoms with E-state index in [9.17, 15) is 14.0 Å². The van der Waals surface area contributed by atoms with Crippen molar-refractivity contribution in [2.24, 2.45) is 5.73 Å². The highest BCUT2D eigenvalue weighted by Gasteiger charge is 2.20. The topological polar surface area (TPSA) is 136 Å². The third-order valence-corrected chi connectivity index (χ3v) is 5.81. The van der Waals surface area contributed by atoms with Gasteiger partial charge in [-0.1, -0.05) is 11.6 Å². The second-order valence-corrected chi connectivity index (χ2v) is 8.32. The maximum absolute atomic E-state index is 14.0. The first-order valence-corrected chi connectivity index (χ1v) is 11.1. The zero-order valence-electron chi connectivity index (χ0n) is 19.3. The van der Waals surface area contributed by atoms with E-state index in [0.717, 1.165) is 6.07 Å². The molecule has 4 rings (SSSR count). The van der Waals surface area contributed by atoms with Crippen molar-refractivity contribution >= 4 is 40.0 Å². The Balaban J connectivity index is 1.56. The van der Waals surface area contributed by atoms with Crippen molar-refractivity contribution in [3.05, 3.63) is 81.5 Å². The quantitative estimate of drug-likeness (QED) is 0.386. The number of pyridine rings is 1. The van der Waals surface area contributed by atoms with Gasteiger partial charge < -0.3 is 15.8 Å². The van der Waals surface area contributed by atoms with Crippen LogP contribution >= 0.6 is 11.6 Å². The maximum Gasteiger partial charge on any atom is 0.267 e. The molecule has 2 heterocycles. The predicted octanol–water partition coefficient (Wildman–Crippen LogP) is 4.14. The lowest BCUT2D eigenvalue weighted by atomic mass is 10.1. The number of benzene rings is 2. The molecule has 0 spiro atoms. The molecular formula is C25H20ClFN6O3. The number of aryl methyl sites for hydroxylation is 1. The second-order valence-electron chi connectivity index (χ2n) is 7.91. The number of nitrogens with one attached hydrogen (secondary N) is 1. The van der Waals surface area contributed by atoms with Gasteiger partial charge >= 0.3 is 0 Å². The van der Waals surface area contributed by atoms with Gasteiger partial charge in [0.25, 0.3) is 11.8 Å². The van der Waals surface area contributed by atoms with Crippen molar-refractivity contribution in [2.45, 2.75) is 20.4 Å². The Morgan fingerprint density at radius 2 is 1.94 bits per heavy atom. The van der Waals surface area contributed by atoms with Crippen LogP contribution in [0.1, 0.15) is 37.8 Å². The van der Waals surface area contributed by atoms with Crippen LogP contribution in [0.5, 0.6) is 5.75 Å². The van der Waals surface area contributed by atoms with Crippen LogP contribution in [0.2, 0.25) is 5.02 Å². The average Bonchev–Trinajstić information content (AvgIpc) is 3.12. The van der Waals surface area contributed by atoms with Crippen LogP contribution in [-0.2, 0) is 6.54 Å². The molecule has 0 atom stereocenters. The highest BCUT2D eigenvalue weighted by atomic mass is 35.5. The fourth-order valence-corrected chi connectivity index (χ4v) is 3.85. The minimum absolute atomic E-state index is 0.0615. The molecule has 2 aromatic heterocycles. The molecule has 36 heavy (non-hydrogen) atoms. The molecule has 0 radical (unpaired) electrons. The number of amides is 2. The number of fused-ring (bicyclic) bond motifs is 1. The van der Waals surface area contributed by atoms with E-state index in [2.05, 4.69) is 15.4 Å². The number of carbonyl (C=O) groups is 2. The van der Waals surface area contributed by atoms with E-state index in [-0.39, 0.29) is 27.2 Å². The normalized spacial score (nSPS) is 10.8. The third kappa shape index (κ3) is 4.96. The van der Waals surface area contributed by atoms with Crippen LogP contribution in [0.15, 0.2) is 42.5 Å². The first-order chi connectivity index (χ1) is 17.2. The molecule has 0 aliphatic heterocycles. The first kappa shape index (κ1) is 24.6. The molecule has 11 heteroatoms. The Bertz CT molecular complexity index is 1540. The summed E-state index contributed by atoms with van der Waals surface area (Å²) in [6.45, 7) is 4.25. The van der Waals surface area contributed by atoms with E-state index >= 15 is 0 Å². The molecular weight excluding hydrogens is 487 g/mol. The molecule has 0 unspecified atom stereocenters. The van der Waals surface area contributed by atoms with E-state index in [1.54, 1.807) is 42.8 Å². The molecule has 3 N–H and O–H groups in total. The lowest BCUT2D eigenvalue weighted by molar-refractivity contribution is 0.0996. The number of nitriles is 1. The molecule has 2 amide bonds. The number of aromatic nitrogens is 3. The summed E-state index contributed by atoms with van der Waals surface area (Å²) < 4.78 is 21.4. The molecule has 0 saturated carbocycles. The van der Waals surface area contributed by atoms with Crippen LogP contribution in [0.3, 0.4) is 0 Å². The minimum atomic E-state index is -0.858. The smallest absolute Gasteiger partial charge is 0.267 e. The van der Waals surface area contributed by atoms with Gasteiger partial charge in [-0.3, -0.25) is 14.3 Å². The van der Waals surface area contributed by atoms with E-state index < -0.39 is 17.6 Å². The largest absolute Gasteiger partial charge is 0.492 e. The Labute approximate surface area is 210 Å². The summed E-state index contributed by atoms with van der Waals surface area (Å²) in [5.41, 5.74) is 7.58. The molecule has 182 valence electrons. The van der Waals surface area contributed by atoms with E-state index in [1.165, 1.54) is 12.1 Å². The van der Waals surface area contributed by atoms with Crippen LogP contribution in [0.4, 0.5) is 10.1 Å². The number of halogens is 2. The number of anilines is 1. The van der Waals surface area contributed by atoms with Gasteiger partial charge in [-0.2, -0.15) is 10.4 Å². The lowest BCUT2D eigenvalue weighted by Gasteiger charge is -2.11. The number of nitrogens with two attached hydrogens (primary N) is 1. The Morgan fingerprint density at radius 1 is 1.22 bits per heavy atom. The zero-order chi connectivity index (χ0) is 26.0. The van der Waals surface area contributed by atoms with Gasteiger partial charge in [0.2, 0.25) is 0 Å². The van der Waals surface area contributed by atoms with Gasteiger partial charge in [-0.05, 0) is 50.2 Å². The number of nitrogens with zero attached hydrogens (tertiary/aromatic N) is 4. The molecule has 0 aliphatic carbocycles. The average molecular weight is 507 g/mol. The Kier molecular flexibility index (Phi) is 6.85. The number of rotatable bonds is 7. The van der Waals surface area contributed by atoms with Gasteiger partial charge in [0.05, 0.1) is 51.4 Å². The summed E-state index contributed by atoms with van der Waals surface area (Å²) in [7, 11) is 0. The molecule has 0 bridgehead atoms. The Morgan fingerprint density at radius 3 is 2.61 bits per heavy atom. The monoisotopic (exact) mass is 506 g/mol. The zero-order valence-corrected chi connectivity index (χ0v) is 20.1. The van der Waals surface area contributed by atoms with E-state index in [4.69, 9.17) is 27.3 Å². The molecule has 9 nitrogen and oxygen atoms in total. The third-order valence-electron chi connectivity index (χ3n) is 5.52. The lowest BCUT2D eigenvalue weighted by Crippen LogP contribution is -2.18. The minimum Gasteiger partial charge on any atom is -0.492 e. The van der Waals surface area contributed by atoms with Crippen LogP contribution in [-0.4, -0.2) is 33.2 Å². The summed E-state index contributed by atoms with van der Waals surface area (Å²) in [6, 6.07) is 12.4. The van der Waals surface area contributed by atoms with Crippen molar-refractivity contribution in [1.82, 2.24) is 14.8 Å². The van der Waals surface area contributed by atoms with Crippen LogP contribution < -0.4 is 15.8 Å². The highest BCUT2D eigenvalue weighted by molar-refractivity contribution is 6.31. The fraction of sp³-hybridized carbons (Fsp3) is 0.160. The van der Waals surface area contributed by atoms with Crippen molar-refractivity contribution in [2.75, 3.05) is 11.9 Å². The molecule has 2 aromatic carbocycles. The Hall–Kier alpha value is -4.49. The van der Waals surface area contributed by atoms with Crippen LogP contribution in [0.25, 0.3) is 10.9 Å². The highest BCUT2D eigenvalue weighted by Crippen LogP contribution is 2.27. The molecule has 0 aliphatic rings. The summed E-state index contributed by atoms with van der Waals surface area (Å²) >= 11 is 5.92. The van der Waals surface area contributed by atoms with Gasteiger partial charge in [0.1, 0.15) is 23.9 Å². The SMILES string of the molecule is Cc1nn(CCOc2ccc(C#N)cc2)c(C)c1NC(=O)c1cc(C(N)=O)nc2cc(F)c(Cl)cc12. The van der Waals surface area contributed by atoms with Crippen LogP contribution in [0, 0.1) is 31.0 Å². The van der Waals surface area contributed by atoms with Gasteiger partial charge in [0, 0.05) is 11.5 Å². The summed E-state index contributed by atoms with van der Waals surface area (Å²) in [5.74, 6) is -1.54. The van der Waals surface area contributed by atoms with Crippen molar-refractivity contribution in [1.29, 1.82) is 5.26 Å². The van der Waals surface area contributed by atoms with Crippen molar-refractivity contribution < 1.29 is 18.7 Å². The van der Waals surface area contributed by atoms with Gasteiger partial charge in [0.15, 0.2) is 0 Å². The van der Waals surface area contributed by atoms with Crippen molar-refractivity contribution in [3.8, 4) is 11.8 Å². The number of hydrogen-bond donors (Lipinski definition) is 2. The number of ether oxygens (including phenoxy) is 1. The van der Waals surface area contributed by atoms with E-state index in [1.807, 2.05) is 6.07 Å². The molecule has 0 saturated heterocycles. The number of carbonyl (C=O) groups excluding carboxylic acids is 2. The summed E-state index contributed by atoms with van der Waals surface area (Å²) in [4.78, 5) is 29.0. The standard InChI is InChI=1S/C25H20ClFN6O3/c1-13-23(14(2)33(32-13)7-8-36-16-5-3-15(12-28)4-6-16)31-25(35)18-10-22(24(29)34)30-21-11-20(27)19(26)9-17(18)21/h3-6,9-11H,7-8H2,1-2H3,(H2,29,34)(H,31,35). The fourth-order valence-electron chi connectivity index (χ4n) is 3.69. The summed E-state index contributed by atoms with van der Waals surface area (Å²) in [6.07, 6.45) is 0. The number of primary amides is 1. The second kappa shape index (κ2) is 10.0. The summed E-state index contributed by atoms with van der Waals surface area (Å²) in [5, 5.41) is 16.3. The van der Waals surface area contributed by atoms with Gasteiger partial charge in [-0.15, -0.1) is 0 Å². The maximum atomic E-state index is 14.0. The van der Waals surface area contributed by atoms with Gasteiger partial charge in [-0.25, -0.2) is 9.37 Å². The van der Waals surface area contributed by atoms with Crippen molar-refractivity contribution in [3.63, 3.8) is 0 Å². The number of hydrogen-bond acceptors (Lipinski definition) is 6. The first-order valence-electron chi connectivity index (χ1n) is 10.8. The van der Waals surface area contributed by atoms with E-state index in [0.29, 0.717) is 41.5 Å². The molecule has 0 fully saturated rings. The predicted molar refractivity (Wildman–Crippen MR) is 132 cm³/mol.